The molecule has 5 nitrogen and oxygen atoms in total. The number of esters is 1. The molecule has 2 N–H and O–H groups in total. The predicted octanol–water partition coefficient (Wildman–Crippen LogP) is 5.20. The fraction of sp³-hybridized carbons (Fsp3) is 0.130. The van der Waals surface area contributed by atoms with Gasteiger partial charge in [0.05, 0.1) is 17.9 Å². The van der Waals surface area contributed by atoms with Gasteiger partial charge >= 0.3 is 5.97 Å². The van der Waals surface area contributed by atoms with E-state index in [4.69, 9.17) is 21.4 Å². The van der Waals surface area contributed by atoms with Crippen molar-refractivity contribution in [2.75, 3.05) is 6.61 Å². The minimum Gasteiger partial charge on any atom is -0.463 e. The summed E-state index contributed by atoms with van der Waals surface area (Å²) >= 11 is 8.86. The third kappa shape index (κ3) is 4.17. The Hall–Kier alpha value is -2.90. The molecule has 30 heavy (non-hydrogen) atoms. The molecule has 0 unspecified atom stereocenters. The van der Waals surface area contributed by atoms with Gasteiger partial charge in [-0.15, -0.1) is 0 Å². The number of carbonyl (C=O) groups excluding carboxylic acids is 1. The van der Waals surface area contributed by atoms with Crippen LogP contribution in [-0.2, 0) is 9.53 Å². The van der Waals surface area contributed by atoms with Gasteiger partial charge in [0.2, 0.25) is 0 Å². The number of ether oxygens (including phenoxy) is 1. The summed E-state index contributed by atoms with van der Waals surface area (Å²) in [6.45, 7) is 2.05. The highest BCUT2D eigenvalue weighted by molar-refractivity contribution is 9.10. The Kier molecular flexibility index (Phi) is 6.01. The largest absolute Gasteiger partial charge is 0.463 e. The van der Waals surface area contributed by atoms with E-state index in [9.17, 15) is 4.79 Å². The van der Waals surface area contributed by atoms with Gasteiger partial charge in [-0.2, -0.15) is 0 Å². The first kappa shape index (κ1) is 20.4. The number of furan rings is 1. The molecule has 0 fully saturated rings. The number of halogens is 1. The normalized spacial score (nSPS) is 16.1. The molecule has 0 radical (unpaired) electrons. The average Bonchev–Trinajstić information content (AvgIpc) is 3.24. The Balaban J connectivity index is 1.80. The van der Waals surface area contributed by atoms with Gasteiger partial charge in [-0.1, -0.05) is 58.4 Å². The van der Waals surface area contributed by atoms with Crippen molar-refractivity contribution in [2.24, 2.45) is 0 Å². The quantitative estimate of drug-likeness (QED) is 0.384. The fourth-order valence-electron chi connectivity index (χ4n) is 3.32. The third-order valence-electron chi connectivity index (χ3n) is 4.67. The van der Waals surface area contributed by atoms with Crippen molar-refractivity contribution in [3.63, 3.8) is 0 Å². The van der Waals surface area contributed by atoms with E-state index >= 15 is 0 Å². The van der Waals surface area contributed by atoms with Crippen LogP contribution in [0, 0.1) is 0 Å². The number of hydrogen-bond acceptors (Lipinski definition) is 4. The van der Waals surface area contributed by atoms with Crippen molar-refractivity contribution in [1.29, 1.82) is 0 Å². The van der Waals surface area contributed by atoms with E-state index in [1.165, 1.54) is 0 Å². The molecule has 2 heterocycles. The molecule has 0 saturated heterocycles. The monoisotopic (exact) mass is 482 g/mol. The van der Waals surface area contributed by atoms with Crippen LogP contribution in [0.1, 0.15) is 24.3 Å². The molecule has 3 aromatic rings. The maximum atomic E-state index is 12.9. The van der Waals surface area contributed by atoms with Gasteiger partial charge in [0.15, 0.2) is 5.11 Å². The van der Waals surface area contributed by atoms with Gasteiger partial charge < -0.3 is 19.8 Å². The summed E-state index contributed by atoms with van der Waals surface area (Å²) in [6, 6.07) is 20.6. The van der Waals surface area contributed by atoms with E-state index in [0.29, 0.717) is 27.9 Å². The molecule has 1 aliphatic heterocycles. The van der Waals surface area contributed by atoms with Crippen molar-refractivity contribution in [3.05, 3.63) is 88.1 Å². The lowest BCUT2D eigenvalue weighted by Gasteiger charge is -2.29. The topological polar surface area (TPSA) is 63.5 Å². The Bertz CT molecular complexity index is 1110. The summed E-state index contributed by atoms with van der Waals surface area (Å²) in [5, 5.41) is 6.69. The Labute approximate surface area is 188 Å². The highest BCUT2D eigenvalue weighted by Crippen LogP contribution is 2.35. The van der Waals surface area contributed by atoms with E-state index in [1.54, 1.807) is 6.92 Å². The first-order valence-corrected chi connectivity index (χ1v) is 10.7. The van der Waals surface area contributed by atoms with E-state index in [1.807, 2.05) is 66.7 Å². The molecule has 0 amide bonds. The second kappa shape index (κ2) is 8.85. The zero-order valence-corrected chi connectivity index (χ0v) is 18.5. The minimum absolute atomic E-state index is 0.268. The summed E-state index contributed by atoms with van der Waals surface area (Å²) in [7, 11) is 0. The fourth-order valence-corrected chi connectivity index (χ4v) is 3.80. The lowest BCUT2D eigenvalue weighted by molar-refractivity contribution is -0.138. The summed E-state index contributed by atoms with van der Waals surface area (Å²) in [5.41, 5.74) is 2.82. The summed E-state index contributed by atoms with van der Waals surface area (Å²) in [6.07, 6.45) is 0. The van der Waals surface area contributed by atoms with Crippen LogP contribution in [0.25, 0.3) is 17.0 Å². The molecule has 0 aliphatic carbocycles. The molecule has 2 aromatic carbocycles. The summed E-state index contributed by atoms with van der Waals surface area (Å²) in [5.74, 6) is 0.854. The van der Waals surface area contributed by atoms with Gasteiger partial charge in [-0.25, -0.2) is 4.79 Å². The van der Waals surface area contributed by atoms with Gasteiger partial charge in [-0.3, -0.25) is 0 Å². The van der Waals surface area contributed by atoms with Crippen molar-refractivity contribution in [3.8, 4) is 11.3 Å². The molecule has 4 rings (SSSR count). The molecule has 0 spiro atoms. The van der Waals surface area contributed by atoms with Gasteiger partial charge in [0.1, 0.15) is 17.6 Å². The molecule has 1 aliphatic rings. The number of nitrogens with one attached hydrogen (secondary N) is 2. The first-order chi connectivity index (χ1) is 14.6. The van der Waals surface area contributed by atoms with Crippen LogP contribution in [-0.4, -0.2) is 17.7 Å². The number of rotatable bonds is 5. The van der Waals surface area contributed by atoms with Crippen LogP contribution >= 0.6 is 28.1 Å². The van der Waals surface area contributed by atoms with E-state index in [-0.39, 0.29) is 6.61 Å². The Morgan fingerprint density at radius 2 is 1.80 bits per heavy atom. The second-order valence-corrected chi connectivity index (χ2v) is 7.94. The Morgan fingerprint density at radius 1 is 1.07 bits per heavy atom. The van der Waals surface area contributed by atoms with Crippen LogP contribution in [0.3, 0.4) is 0 Å². The van der Waals surface area contributed by atoms with Crippen LogP contribution in [0.4, 0.5) is 0 Å². The standard InChI is InChI=1S/C23H19BrN2O3S/c1-2-28-22(27)19-20(15-6-4-3-5-7-15)25-23(30)26-21(19)18-13-12-17(29-18)14-8-10-16(24)11-9-14/h3-13,21H,2H2,1H3,(H2,25,26,30)/t21-/m1/s1. The van der Waals surface area contributed by atoms with Crippen LogP contribution in [0.5, 0.6) is 0 Å². The van der Waals surface area contributed by atoms with Crippen molar-refractivity contribution < 1.29 is 13.9 Å². The number of thiocarbonyl (C=S) groups is 1. The predicted molar refractivity (Wildman–Crippen MR) is 123 cm³/mol. The van der Waals surface area contributed by atoms with E-state index in [0.717, 1.165) is 15.6 Å². The molecular weight excluding hydrogens is 464 g/mol. The number of hydrogen-bond donors (Lipinski definition) is 2. The number of benzene rings is 2. The highest BCUT2D eigenvalue weighted by atomic mass is 79.9. The summed E-state index contributed by atoms with van der Waals surface area (Å²) in [4.78, 5) is 12.9. The maximum absolute atomic E-state index is 12.9. The molecule has 0 saturated carbocycles. The van der Waals surface area contributed by atoms with Gasteiger partial charge in [0.25, 0.3) is 0 Å². The highest BCUT2D eigenvalue weighted by Gasteiger charge is 2.35. The second-order valence-electron chi connectivity index (χ2n) is 6.62. The Morgan fingerprint density at radius 3 is 2.50 bits per heavy atom. The van der Waals surface area contributed by atoms with Gasteiger partial charge in [-0.05, 0) is 49.0 Å². The van der Waals surface area contributed by atoms with Crippen molar-refractivity contribution in [2.45, 2.75) is 13.0 Å². The number of carbonyl (C=O) groups is 1. The summed E-state index contributed by atoms with van der Waals surface area (Å²) < 4.78 is 12.5. The lowest BCUT2D eigenvalue weighted by Crippen LogP contribution is -2.45. The van der Waals surface area contributed by atoms with Crippen LogP contribution in [0.2, 0.25) is 0 Å². The van der Waals surface area contributed by atoms with Crippen LogP contribution in [0.15, 0.2) is 81.2 Å². The zero-order valence-electron chi connectivity index (χ0n) is 16.1. The first-order valence-electron chi connectivity index (χ1n) is 9.46. The SMILES string of the molecule is CCOC(=O)C1=C(c2ccccc2)NC(=S)N[C@@H]1c1ccc(-c2ccc(Br)cc2)o1. The maximum Gasteiger partial charge on any atom is 0.338 e. The zero-order chi connectivity index (χ0) is 21.1. The smallest absolute Gasteiger partial charge is 0.338 e. The molecule has 0 bridgehead atoms. The molecule has 1 aromatic heterocycles. The van der Waals surface area contributed by atoms with E-state index in [2.05, 4.69) is 26.6 Å². The van der Waals surface area contributed by atoms with E-state index < -0.39 is 12.0 Å². The average molecular weight is 483 g/mol. The molecule has 1 atom stereocenters. The minimum atomic E-state index is -0.572. The molecular formula is C23H19BrN2O3S. The van der Waals surface area contributed by atoms with Gasteiger partial charge in [0, 0.05) is 10.0 Å². The molecule has 152 valence electrons. The third-order valence-corrected chi connectivity index (χ3v) is 5.42. The molecule has 7 heteroatoms. The van der Waals surface area contributed by atoms with Crippen molar-refractivity contribution in [1.82, 2.24) is 10.6 Å². The van der Waals surface area contributed by atoms with Crippen LogP contribution < -0.4 is 10.6 Å². The van der Waals surface area contributed by atoms with Crippen molar-refractivity contribution >= 4 is 44.9 Å². The lowest BCUT2D eigenvalue weighted by atomic mass is 9.96.